The number of nitriles is 2. The highest BCUT2D eigenvalue weighted by molar-refractivity contribution is 6.30. The lowest BCUT2D eigenvalue weighted by atomic mass is 9.57. The summed E-state index contributed by atoms with van der Waals surface area (Å²) in [4.78, 5) is 12.4. The summed E-state index contributed by atoms with van der Waals surface area (Å²) in [6.45, 7) is 0. The topological polar surface area (TPSA) is 64.7 Å². The lowest BCUT2D eigenvalue weighted by Crippen LogP contribution is -2.39. The van der Waals surface area contributed by atoms with Crippen molar-refractivity contribution in [2.75, 3.05) is 0 Å². The molecule has 3 nitrogen and oxygen atoms in total. The molecule has 5 heteroatoms. The van der Waals surface area contributed by atoms with Crippen LogP contribution >= 0.6 is 23.2 Å². The van der Waals surface area contributed by atoms with Crippen molar-refractivity contribution in [3.63, 3.8) is 0 Å². The summed E-state index contributed by atoms with van der Waals surface area (Å²) in [5, 5.41) is 21.0. The minimum Gasteiger partial charge on any atom is -0.300 e. The van der Waals surface area contributed by atoms with E-state index in [0.717, 1.165) is 11.1 Å². The van der Waals surface area contributed by atoms with Crippen LogP contribution in [0.25, 0.3) is 0 Å². The van der Waals surface area contributed by atoms with Crippen LogP contribution in [0.5, 0.6) is 0 Å². The second kappa shape index (κ2) is 6.89. The van der Waals surface area contributed by atoms with E-state index in [9.17, 15) is 15.3 Å². The standard InChI is InChI=1S/C20H14Cl2N2O/c21-15-5-1-3-13(7-15)18-9-17(25)10-19(20(18,11-23)12-24)14-4-2-6-16(22)8-14/h1-8,18-19H,9-10H2/t18-,19-/m0/s1. The summed E-state index contributed by atoms with van der Waals surface area (Å²) in [5.41, 5.74) is 0.106. The molecule has 0 saturated heterocycles. The number of Topliss-reactive ketones (excluding diaryl/α,β-unsaturated/α-hetero) is 1. The Morgan fingerprint density at radius 1 is 0.880 bits per heavy atom. The molecule has 0 radical (unpaired) electrons. The van der Waals surface area contributed by atoms with Gasteiger partial charge in [-0.2, -0.15) is 10.5 Å². The van der Waals surface area contributed by atoms with Crippen molar-refractivity contribution in [1.29, 1.82) is 10.5 Å². The van der Waals surface area contributed by atoms with Crippen molar-refractivity contribution < 1.29 is 4.79 Å². The maximum atomic E-state index is 12.4. The van der Waals surface area contributed by atoms with Gasteiger partial charge >= 0.3 is 0 Å². The van der Waals surface area contributed by atoms with Gasteiger partial charge in [0.25, 0.3) is 0 Å². The molecule has 0 amide bonds. The second-order valence-corrected chi connectivity index (χ2v) is 7.13. The van der Waals surface area contributed by atoms with Crippen molar-refractivity contribution in [3.8, 4) is 12.1 Å². The number of benzene rings is 2. The Balaban J connectivity index is 2.17. The zero-order valence-corrected chi connectivity index (χ0v) is 14.8. The van der Waals surface area contributed by atoms with Crippen molar-refractivity contribution in [2.24, 2.45) is 5.41 Å². The van der Waals surface area contributed by atoms with Crippen molar-refractivity contribution in [1.82, 2.24) is 0 Å². The number of nitrogens with zero attached hydrogens (tertiary/aromatic N) is 2. The third-order valence-electron chi connectivity index (χ3n) is 4.83. The maximum Gasteiger partial charge on any atom is 0.158 e. The minimum absolute atomic E-state index is 0.0241. The Morgan fingerprint density at radius 2 is 1.32 bits per heavy atom. The zero-order valence-electron chi connectivity index (χ0n) is 13.2. The minimum atomic E-state index is -1.36. The van der Waals surface area contributed by atoms with Crippen LogP contribution in [0, 0.1) is 28.1 Å². The lowest BCUT2D eigenvalue weighted by molar-refractivity contribution is -0.122. The van der Waals surface area contributed by atoms with E-state index >= 15 is 0 Å². The number of hydrogen-bond donors (Lipinski definition) is 0. The van der Waals surface area contributed by atoms with Crippen molar-refractivity contribution in [2.45, 2.75) is 24.7 Å². The molecule has 1 aliphatic carbocycles. The van der Waals surface area contributed by atoms with Crippen LogP contribution in [0.15, 0.2) is 48.5 Å². The lowest BCUT2D eigenvalue weighted by Gasteiger charge is -2.40. The average molecular weight is 369 g/mol. The third kappa shape index (κ3) is 3.14. The molecule has 1 aliphatic rings. The van der Waals surface area contributed by atoms with E-state index in [1.807, 2.05) is 12.1 Å². The van der Waals surface area contributed by atoms with E-state index in [1.54, 1.807) is 36.4 Å². The molecule has 1 fully saturated rings. The van der Waals surface area contributed by atoms with Crippen molar-refractivity contribution in [3.05, 3.63) is 69.7 Å². The van der Waals surface area contributed by atoms with E-state index in [0.29, 0.717) is 10.0 Å². The van der Waals surface area contributed by atoms with Gasteiger partial charge in [-0.25, -0.2) is 0 Å². The number of ketones is 1. The molecule has 0 N–H and O–H groups in total. The first-order chi connectivity index (χ1) is 12.0. The van der Waals surface area contributed by atoms with Gasteiger partial charge in [0.2, 0.25) is 0 Å². The Kier molecular flexibility index (Phi) is 4.82. The molecule has 0 aliphatic heterocycles. The Hall–Kier alpha value is -2.33. The van der Waals surface area contributed by atoms with E-state index in [1.165, 1.54) is 0 Å². The number of hydrogen-bond acceptors (Lipinski definition) is 3. The van der Waals surface area contributed by atoms with Gasteiger partial charge in [-0.15, -0.1) is 0 Å². The molecule has 25 heavy (non-hydrogen) atoms. The van der Waals surface area contributed by atoms with E-state index in [-0.39, 0.29) is 18.6 Å². The van der Waals surface area contributed by atoms with Crippen LogP contribution in [-0.2, 0) is 4.79 Å². The van der Waals surface area contributed by atoms with Gasteiger partial charge in [0.05, 0.1) is 12.1 Å². The normalized spacial score (nSPS) is 22.0. The second-order valence-electron chi connectivity index (χ2n) is 6.25. The fraction of sp³-hybridized carbons (Fsp3) is 0.250. The van der Waals surface area contributed by atoms with Gasteiger partial charge in [-0.3, -0.25) is 4.79 Å². The molecule has 0 spiro atoms. The molecule has 0 unspecified atom stereocenters. The largest absolute Gasteiger partial charge is 0.300 e. The van der Waals surface area contributed by atoms with E-state index in [4.69, 9.17) is 23.2 Å². The quantitative estimate of drug-likeness (QED) is 0.726. The highest BCUT2D eigenvalue weighted by Gasteiger charge is 2.52. The van der Waals surface area contributed by atoms with E-state index in [2.05, 4.69) is 12.1 Å². The van der Waals surface area contributed by atoms with Crippen molar-refractivity contribution >= 4 is 29.0 Å². The number of carbonyl (C=O) groups is 1. The number of halogens is 2. The van der Waals surface area contributed by atoms with Crippen LogP contribution in [-0.4, -0.2) is 5.78 Å². The summed E-state index contributed by atoms with van der Waals surface area (Å²) >= 11 is 12.2. The SMILES string of the molecule is N#CC1(C#N)[C@H](c2cccc(Cl)c2)CC(=O)C[C@H]1c1cccc(Cl)c1. The van der Waals surface area contributed by atoms with Gasteiger partial charge in [0.1, 0.15) is 5.78 Å². The summed E-state index contributed by atoms with van der Waals surface area (Å²) < 4.78 is 0. The molecule has 0 heterocycles. The van der Waals surface area contributed by atoms with E-state index < -0.39 is 17.3 Å². The first-order valence-corrected chi connectivity index (χ1v) is 8.61. The molecule has 0 aromatic heterocycles. The summed E-state index contributed by atoms with van der Waals surface area (Å²) in [7, 11) is 0. The molecule has 0 bridgehead atoms. The molecule has 3 rings (SSSR count). The first-order valence-electron chi connectivity index (χ1n) is 7.85. The van der Waals surface area contributed by atoms with Gasteiger partial charge in [-0.1, -0.05) is 47.5 Å². The molecular formula is C20H14Cl2N2O. The predicted octanol–water partition coefficient (Wildman–Crippen LogP) is 5.26. The highest BCUT2D eigenvalue weighted by atomic mass is 35.5. The predicted molar refractivity (Wildman–Crippen MR) is 96.3 cm³/mol. The Morgan fingerprint density at radius 3 is 1.68 bits per heavy atom. The fourth-order valence-electron chi connectivity index (χ4n) is 3.65. The summed E-state index contributed by atoms with van der Waals surface area (Å²) in [5.74, 6) is -1.05. The fourth-order valence-corrected chi connectivity index (χ4v) is 4.05. The molecule has 2 atom stereocenters. The number of rotatable bonds is 2. The van der Waals surface area contributed by atoms with Crippen LogP contribution in [0.4, 0.5) is 0 Å². The molecule has 124 valence electrons. The highest BCUT2D eigenvalue weighted by Crippen LogP contribution is 2.53. The van der Waals surface area contributed by atoms with Crippen LogP contribution in [0.3, 0.4) is 0 Å². The first kappa shape index (κ1) is 17.5. The van der Waals surface area contributed by atoms with Gasteiger partial charge in [0.15, 0.2) is 5.41 Å². The van der Waals surface area contributed by atoms with Crippen LogP contribution < -0.4 is 0 Å². The smallest absolute Gasteiger partial charge is 0.158 e. The van der Waals surface area contributed by atoms with Gasteiger partial charge in [-0.05, 0) is 35.4 Å². The molecule has 2 aromatic rings. The molecule has 1 saturated carbocycles. The third-order valence-corrected chi connectivity index (χ3v) is 5.31. The zero-order chi connectivity index (χ0) is 18.0. The number of carbonyl (C=O) groups excluding carboxylic acids is 1. The van der Waals surface area contributed by atoms with Gasteiger partial charge in [0, 0.05) is 34.7 Å². The monoisotopic (exact) mass is 368 g/mol. The molecular weight excluding hydrogens is 355 g/mol. The average Bonchev–Trinajstić information content (AvgIpc) is 2.61. The maximum absolute atomic E-state index is 12.4. The van der Waals surface area contributed by atoms with Crippen LogP contribution in [0.1, 0.15) is 35.8 Å². The molecule has 2 aromatic carbocycles. The van der Waals surface area contributed by atoms with Crippen LogP contribution in [0.2, 0.25) is 10.0 Å². The Labute approximate surface area is 156 Å². The Bertz CT molecular complexity index is 837. The summed E-state index contributed by atoms with van der Waals surface area (Å²) in [6, 6.07) is 18.5. The van der Waals surface area contributed by atoms with Gasteiger partial charge < -0.3 is 0 Å². The summed E-state index contributed by atoms with van der Waals surface area (Å²) in [6.07, 6.45) is 0.303.